The maximum Gasteiger partial charge on any atom is 0.353 e. The van der Waals surface area contributed by atoms with Gasteiger partial charge in [0.1, 0.15) is 38.3 Å². The van der Waals surface area contributed by atoms with E-state index in [1.54, 1.807) is 18.2 Å². The Kier molecular flexibility index (Phi) is 8.67. The van der Waals surface area contributed by atoms with Crippen LogP contribution in [0.2, 0.25) is 10.3 Å². The fourth-order valence-electron chi connectivity index (χ4n) is 3.29. The van der Waals surface area contributed by atoms with Crippen LogP contribution in [-0.2, 0) is 14.4 Å². The Balaban J connectivity index is 1.35. The van der Waals surface area contributed by atoms with Gasteiger partial charge >= 0.3 is 5.97 Å². The van der Waals surface area contributed by atoms with E-state index in [1.807, 2.05) is 0 Å². The molecule has 2 aliphatic rings. The Morgan fingerprint density at radius 2 is 1.86 bits per heavy atom. The molecule has 0 unspecified atom stereocenters. The van der Waals surface area contributed by atoms with E-state index < -0.39 is 23.3 Å². The number of carbonyl (C=O) groups excluding carboxylic acids is 2. The van der Waals surface area contributed by atoms with Gasteiger partial charge in [-0.1, -0.05) is 35.0 Å². The van der Waals surface area contributed by atoms with E-state index in [1.165, 1.54) is 51.9 Å². The number of aliphatic carboxylic acids is 1. The van der Waals surface area contributed by atoms with Crippen molar-refractivity contribution in [3.63, 3.8) is 0 Å². The fourth-order valence-corrected chi connectivity index (χ4v) is 8.35. The second-order valence-corrected chi connectivity index (χ2v) is 12.5. The summed E-state index contributed by atoms with van der Waals surface area (Å²) in [4.78, 5) is 51.5. The molecule has 0 aromatic carbocycles. The smallest absolute Gasteiger partial charge is 0.353 e. The number of halogens is 2. The zero-order valence-corrected chi connectivity index (χ0v) is 22.8. The summed E-state index contributed by atoms with van der Waals surface area (Å²) in [5.41, 5.74) is 11.2. The molecule has 0 saturated carbocycles. The summed E-state index contributed by atoms with van der Waals surface area (Å²) < 4.78 is 0. The van der Waals surface area contributed by atoms with Crippen LogP contribution in [0.5, 0.6) is 0 Å². The second kappa shape index (κ2) is 11.6. The summed E-state index contributed by atoms with van der Waals surface area (Å²) in [6.45, 7) is 0. The van der Waals surface area contributed by atoms with E-state index in [-0.39, 0.29) is 39.4 Å². The normalized spacial score (nSPS) is 19.1. The number of nitrogens with two attached hydrogens (primary N) is 2. The number of carbonyl (C=O) groups is 3. The highest BCUT2D eigenvalue weighted by Gasteiger charge is 2.54. The molecule has 6 N–H and O–H groups in total. The highest BCUT2D eigenvalue weighted by atomic mass is 35.5. The molecule has 17 heteroatoms. The van der Waals surface area contributed by atoms with Crippen molar-refractivity contribution in [3.8, 4) is 0 Å². The van der Waals surface area contributed by atoms with Crippen LogP contribution in [0.3, 0.4) is 0 Å². The van der Waals surface area contributed by atoms with Gasteiger partial charge in [-0.05, 0) is 12.1 Å². The predicted molar refractivity (Wildman–Crippen MR) is 144 cm³/mol. The van der Waals surface area contributed by atoms with Crippen molar-refractivity contribution in [1.29, 1.82) is 0 Å². The number of thioether (sulfide) groups is 4. The van der Waals surface area contributed by atoms with E-state index in [2.05, 4.69) is 20.3 Å². The third-order valence-corrected chi connectivity index (χ3v) is 9.70. The maximum absolute atomic E-state index is 12.8. The Labute approximate surface area is 231 Å². The SMILES string of the molecule is Nc1cc(SCSC2=C(C(=O)O)N3C(=O)[C@@H](NC(=O)CSc4cc(Cl)nc(Cl)c4)[C@H]3SC2)nc(N)n1. The number of β-lactam (4-membered cyclic amide) rings is 1. The number of carboxylic acids is 1. The number of nitrogen functional groups attached to an aromatic ring is 2. The molecule has 0 spiro atoms. The lowest BCUT2D eigenvalue weighted by atomic mass is 10.1. The molecule has 36 heavy (non-hydrogen) atoms. The molecule has 0 aliphatic carbocycles. The molecule has 1 saturated heterocycles. The summed E-state index contributed by atoms with van der Waals surface area (Å²) in [6, 6.07) is 3.92. The molecule has 2 amide bonds. The van der Waals surface area contributed by atoms with Crippen molar-refractivity contribution in [2.24, 2.45) is 0 Å². The first kappa shape index (κ1) is 27.0. The number of hydrogen-bond acceptors (Lipinski definition) is 12. The molecule has 4 heterocycles. The Morgan fingerprint density at radius 1 is 1.14 bits per heavy atom. The highest BCUT2D eigenvalue weighted by molar-refractivity contribution is 8.18. The number of pyridine rings is 1. The van der Waals surface area contributed by atoms with Crippen molar-refractivity contribution in [2.75, 3.05) is 28.1 Å². The Hall–Kier alpha value is -2.04. The second-order valence-electron chi connectivity index (χ2n) is 7.16. The molecular weight excluding hydrogens is 589 g/mol. The largest absolute Gasteiger partial charge is 0.477 e. The monoisotopic (exact) mass is 605 g/mol. The van der Waals surface area contributed by atoms with E-state index in [0.717, 1.165) is 0 Å². The molecule has 2 aromatic heterocycles. The summed E-state index contributed by atoms with van der Waals surface area (Å²) in [5.74, 6) is -1.36. The van der Waals surface area contributed by atoms with Crippen LogP contribution in [0, 0.1) is 0 Å². The van der Waals surface area contributed by atoms with Crippen molar-refractivity contribution in [2.45, 2.75) is 21.3 Å². The number of anilines is 2. The van der Waals surface area contributed by atoms with E-state index >= 15 is 0 Å². The third-order valence-electron chi connectivity index (χ3n) is 4.74. The lowest BCUT2D eigenvalue weighted by Gasteiger charge is -2.49. The number of carboxylic acid groups (broad SMARTS) is 1. The summed E-state index contributed by atoms with van der Waals surface area (Å²) in [7, 11) is 0. The maximum atomic E-state index is 12.8. The third kappa shape index (κ3) is 6.26. The first-order valence-corrected chi connectivity index (χ1v) is 14.7. The number of amides is 2. The molecule has 2 aromatic rings. The van der Waals surface area contributed by atoms with Crippen molar-refractivity contribution in [3.05, 3.63) is 39.1 Å². The van der Waals surface area contributed by atoms with Gasteiger partial charge in [-0.3, -0.25) is 14.5 Å². The van der Waals surface area contributed by atoms with Gasteiger partial charge in [-0.2, -0.15) is 4.98 Å². The Morgan fingerprint density at radius 3 is 2.53 bits per heavy atom. The van der Waals surface area contributed by atoms with E-state index in [4.69, 9.17) is 34.7 Å². The van der Waals surface area contributed by atoms with Crippen LogP contribution in [0.25, 0.3) is 0 Å². The zero-order chi connectivity index (χ0) is 26.0. The Bertz CT molecular complexity index is 1230. The van der Waals surface area contributed by atoms with Crippen LogP contribution in [0.1, 0.15) is 0 Å². The lowest BCUT2D eigenvalue weighted by Crippen LogP contribution is -2.70. The average molecular weight is 607 g/mol. The number of nitrogens with one attached hydrogen (secondary N) is 1. The first-order valence-electron chi connectivity index (χ1n) is 9.94. The zero-order valence-electron chi connectivity index (χ0n) is 18.0. The number of rotatable bonds is 9. The molecule has 190 valence electrons. The van der Waals surface area contributed by atoms with Crippen LogP contribution in [0.15, 0.2) is 38.7 Å². The number of fused-ring (bicyclic) bond motifs is 1. The van der Waals surface area contributed by atoms with Crippen LogP contribution in [-0.4, -0.2) is 70.7 Å². The van der Waals surface area contributed by atoms with Gasteiger partial charge in [-0.25, -0.2) is 14.8 Å². The number of hydrogen-bond donors (Lipinski definition) is 4. The van der Waals surface area contributed by atoms with Gasteiger partial charge in [0.15, 0.2) is 0 Å². The van der Waals surface area contributed by atoms with Gasteiger partial charge in [0, 0.05) is 26.7 Å². The summed E-state index contributed by atoms with van der Waals surface area (Å²) >= 11 is 16.9. The average Bonchev–Trinajstić information content (AvgIpc) is 2.79. The molecule has 4 rings (SSSR count). The quantitative estimate of drug-likeness (QED) is 0.108. The van der Waals surface area contributed by atoms with Crippen molar-refractivity contribution < 1.29 is 19.5 Å². The van der Waals surface area contributed by atoms with Gasteiger partial charge in [0.05, 0.1) is 5.75 Å². The van der Waals surface area contributed by atoms with Gasteiger partial charge in [0.25, 0.3) is 5.91 Å². The van der Waals surface area contributed by atoms with E-state index in [9.17, 15) is 19.5 Å². The number of aromatic nitrogens is 3. The number of nitrogens with zero attached hydrogens (tertiary/aromatic N) is 4. The summed E-state index contributed by atoms with van der Waals surface area (Å²) in [6.07, 6.45) is 0. The minimum Gasteiger partial charge on any atom is -0.477 e. The van der Waals surface area contributed by atoms with Crippen molar-refractivity contribution >= 4 is 99.8 Å². The highest BCUT2D eigenvalue weighted by Crippen LogP contribution is 2.44. The molecule has 1 fully saturated rings. The topological polar surface area (TPSA) is 177 Å². The molecule has 0 bridgehead atoms. The standard InChI is InChI=1S/C19H17Cl2N7O4S4/c20-9-1-7(2-10(21)24-9)33-5-12(29)26-14-16(30)28-15(18(31)32)8(4-34-17(14)28)35-6-36-13-3-11(22)25-19(23)27-13/h1-3,14,17H,4-6H2,(H,26,29)(H,31,32)(H4,22,23,25,27)/t14-,17-/m1/s1. The minimum absolute atomic E-state index is 0.0237. The summed E-state index contributed by atoms with van der Waals surface area (Å²) in [5, 5.41) is 13.4. The lowest BCUT2D eigenvalue weighted by molar-refractivity contribution is -0.150. The fraction of sp³-hybridized carbons (Fsp3) is 0.263. The first-order chi connectivity index (χ1) is 17.1. The predicted octanol–water partition coefficient (Wildman–Crippen LogP) is 2.61. The van der Waals surface area contributed by atoms with Crippen LogP contribution < -0.4 is 16.8 Å². The van der Waals surface area contributed by atoms with Crippen molar-refractivity contribution in [1.82, 2.24) is 25.2 Å². The molecule has 11 nitrogen and oxygen atoms in total. The molecule has 2 aliphatic heterocycles. The van der Waals surface area contributed by atoms with E-state index in [0.29, 0.717) is 25.7 Å². The van der Waals surface area contributed by atoms with Gasteiger partial charge in [0.2, 0.25) is 11.9 Å². The van der Waals surface area contributed by atoms with Gasteiger partial charge in [-0.15, -0.1) is 35.3 Å². The van der Waals surface area contributed by atoms with Crippen LogP contribution in [0.4, 0.5) is 11.8 Å². The van der Waals surface area contributed by atoms with Gasteiger partial charge < -0.3 is 21.9 Å². The molecule has 0 radical (unpaired) electrons. The van der Waals surface area contributed by atoms with Crippen LogP contribution >= 0.6 is 70.2 Å². The minimum atomic E-state index is -1.21. The molecule has 2 atom stereocenters. The molecular formula is C19H17Cl2N7O4S4.